The smallest absolute Gasteiger partial charge is 0.0899 e. The Kier molecular flexibility index (Phi) is 1.77. The molecule has 0 amide bonds. The lowest BCUT2D eigenvalue weighted by molar-refractivity contribution is 0.151. The molecule has 0 aliphatic heterocycles. The Balaban J connectivity index is 2.38. The summed E-state index contributed by atoms with van der Waals surface area (Å²) in [5.74, 6) is 0. The normalized spacial score (nSPS) is 18.3. The van der Waals surface area contributed by atoms with E-state index in [9.17, 15) is 5.11 Å². The van der Waals surface area contributed by atoms with Crippen LogP contribution in [-0.4, -0.2) is 5.11 Å². The maximum absolute atomic E-state index is 9.88. The summed E-state index contributed by atoms with van der Waals surface area (Å²) in [6.45, 7) is 5.87. The van der Waals surface area contributed by atoms with Gasteiger partial charge in [-0.15, -0.1) is 0 Å². The van der Waals surface area contributed by atoms with Crippen LogP contribution in [0.15, 0.2) is 30.8 Å². The van der Waals surface area contributed by atoms with Gasteiger partial charge in [0, 0.05) is 0 Å². The highest BCUT2D eigenvalue weighted by Crippen LogP contribution is 2.45. The Morgan fingerprint density at radius 2 is 2.15 bits per heavy atom. The van der Waals surface area contributed by atoms with Crippen molar-refractivity contribution >= 4 is 5.57 Å². The van der Waals surface area contributed by atoms with E-state index in [0.29, 0.717) is 0 Å². The van der Waals surface area contributed by atoms with Gasteiger partial charge in [0.15, 0.2) is 0 Å². The summed E-state index contributed by atoms with van der Waals surface area (Å²) in [6.07, 6.45) is 1.79. The first-order valence-corrected chi connectivity index (χ1v) is 4.61. The van der Waals surface area contributed by atoms with E-state index in [4.69, 9.17) is 0 Å². The summed E-state index contributed by atoms with van der Waals surface area (Å²) in [5, 5.41) is 9.88. The number of aliphatic hydroxyl groups is 1. The van der Waals surface area contributed by atoms with Crippen molar-refractivity contribution in [1.29, 1.82) is 0 Å². The molecule has 1 aromatic rings. The summed E-state index contributed by atoms with van der Waals surface area (Å²) in [7, 11) is 0. The SMILES string of the molecule is C=C(C)c1cccc(C2(O)CC2)c1. The van der Waals surface area contributed by atoms with Crippen LogP contribution in [0.2, 0.25) is 0 Å². The predicted molar refractivity (Wildman–Crippen MR) is 54.3 cm³/mol. The topological polar surface area (TPSA) is 20.2 Å². The van der Waals surface area contributed by atoms with Crippen molar-refractivity contribution in [2.75, 3.05) is 0 Å². The Bertz CT molecular complexity index is 348. The van der Waals surface area contributed by atoms with Crippen LogP contribution in [0.5, 0.6) is 0 Å². The van der Waals surface area contributed by atoms with Crippen molar-refractivity contribution in [2.24, 2.45) is 0 Å². The highest BCUT2D eigenvalue weighted by atomic mass is 16.3. The fourth-order valence-corrected chi connectivity index (χ4v) is 1.48. The van der Waals surface area contributed by atoms with Crippen LogP contribution in [0.4, 0.5) is 0 Å². The lowest BCUT2D eigenvalue weighted by Gasteiger charge is -2.09. The van der Waals surface area contributed by atoms with E-state index in [0.717, 1.165) is 29.5 Å². The second kappa shape index (κ2) is 2.71. The van der Waals surface area contributed by atoms with Gasteiger partial charge in [-0.3, -0.25) is 0 Å². The molecule has 0 saturated heterocycles. The third kappa shape index (κ3) is 1.52. The van der Waals surface area contributed by atoms with Crippen molar-refractivity contribution < 1.29 is 5.11 Å². The maximum atomic E-state index is 9.88. The van der Waals surface area contributed by atoms with Crippen LogP contribution in [0.25, 0.3) is 5.57 Å². The first kappa shape index (κ1) is 8.52. The van der Waals surface area contributed by atoms with Crippen LogP contribution in [0.3, 0.4) is 0 Å². The van der Waals surface area contributed by atoms with Gasteiger partial charge in [-0.05, 0) is 37.0 Å². The molecule has 1 fully saturated rings. The summed E-state index contributed by atoms with van der Waals surface area (Å²) in [6, 6.07) is 8.03. The van der Waals surface area contributed by atoms with Crippen molar-refractivity contribution in [3.8, 4) is 0 Å². The molecule has 0 heterocycles. The summed E-state index contributed by atoms with van der Waals surface area (Å²) in [4.78, 5) is 0. The van der Waals surface area contributed by atoms with Gasteiger partial charge in [0.1, 0.15) is 0 Å². The Morgan fingerprint density at radius 1 is 1.46 bits per heavy atom. The molecule has 0 bridgehead atoms. The van der Waals surface area contributed by atoms with Crippen molar-refractivity contribution in [1.82, 2.24) is 0 Å². The number of allylic oxidation sites excluding steroid dienone is 1. The lowest BCUT2D eigenvalue weighted by atomic mass is 10.0. The third-order valence-electron chi connectivity index (χ3n) is 2.62. The minimum Gasteiger partial charge on any atom is -0.385 e. The number of benzene rings is 1. The van der Waals surface area contributed by atoms with Gasteiger partial charge in [-0.25, -0.2) is 0 Å². The third-order valence-corrected chi connectivity index (χ3v) is 2.62. The zero-order valence-corrected chi connectivity index (χ0v) is 7.88. The second-order valence-electron chi connectivity index (χ2n) is 3.89. The molecule has 1 nitrogen and oxygen atoms in total. The molecule has 2 rings (SSSR count). The van der Waals surface area contributed by atoms with E-state index in [1.165, 1.54) is 0 Å². The van der Waals surface area contributed by atoms with Crippen LogP contribution in [-0.2, 0) is 5.60 Å². The summed E-state index contributed by atoms with van der Waals surface area (Å²) in [5.41, 5.74) is 2.68. The molecule has 1 N–H and O–H groups in total. The monoisotopic (exact) mass is 174 g/mol. The van der Waals surface area contributed by atoms with Gasteiger partial charge in [0.25, 0.3) is 0 Å². The van der Waals surface area contributed by atoms with Crippen molar-refractivity contribution in [2.45, 2.75) is 25.4 Å². The van der Waals surface area contributed by atoms with Gasteiger partial charge in [-0.1, -0.05) is 30.4 Å². The van der Waals surface area contributed by atoms with Crippen molar-refractivity contribution in [3.05, 3.63) is 42.0 Å². The van der Waals surface area contributed by atoms with E-state index in [2.05, 4.69) is 6.58 Å². The molecule has 1 aliphatic rings. The molecule has 1 saturated carbocycles. The van der Waals surface area contributed by atoms with Crippen molar-refractivity contribution in [3.63, 3.8) is 0 Å². The minimum absolute atomic E-state index is 0.522. The van der Waals surface area contributed by atoms with Gasteiger partial charge < -0.3 is 5.11 Å². The molecule has 0 unspecified atom stereocenters. The average Bonchev–Trinajstić information content (AvgIpc) is 2.85. The molecule has 1 heteroatoms. The fraction of sp³-hybridized carbons (Fsp3) is 0.333. The molecule has 0 atom stereocenters. The van der Waals surface area contributed by atoms with E-state index in [1.807, 2.05) is 31.2 Å². The van der Waals surface area contributed by atoms with Crippen LogP contribution in [0.1, 0.15) is 30.9 Å². The van der Waals surface area contributed by atoms with Crippen LogP contribution in [0, 0.1) is 0 Å². The molecule has 68 valence electrons. The lowest BCUT2D eigenvalue weighted by Crippen LogP contribution is -2.03. The number of rotatable bonds is 2. The highest BCUT2D eigenvalue weighted by Gasteiger charge is 2.41. The molecule has 1 aliphatic carbocycles. The zero-order valence-electron chi connectivity index (χ0n) is 7.88. The number of hydrogen-bond acceptors (Lipinski definition) is 1. The molecule has 0 radical (unpaired) electrons. The zero-order chi connectivity index (χ0) is 9.47. The van der Waals surface area contributed by atoms with Gasteiger partial charge in [0.2, 0.25) is 0 Å². The molecular weight excluding hydrogens is 160 g/mol. The second-order valence-corrected chi connectivity index (χ2v) is 3.89. The predicted octanol–water partition coefficient (Wildman–Crippen LogP) is 2.70. The standard InChI is InChI=1S/C12H14O/c1-9(2)10-4-3-5-11(8-10)12(13)6-7-12/h3-5,8,13H,1,6-7H2,2H3. The number of hydrogen-bond donors (Lipinski definition) is 1. The average molecular weight is 174 g/mol. The van der Waals surface area contributed by atoms with Gasteiger partial charge in [0.05, 0.1) is 5.60 Å². The van der Waals surface area contributed by atoms with E-state index in [1.54, 1.807) is 0 Å². The van der Waals surface area contributed by atoms with E-state index in [-0.39, 0.29) is 0 Å². The maximum Gasteiger partial charge on any atom is 0.0899 e. The minimum atomic E-state index is -0.522. The Hall–Kier alpha value is -1.08. The van der Waals surface area contributed by atoms with Crippen LogP contribution >= 0.6 is 0 Å². The highest BCUT2D eigenvalue weighted by molar-refractivity contribution is 5.62. The first-order chi connectivity index (χ1) is 6.12. The quantitative estimate of drug-likeness (QED) is 0.730. The molecule has 13 heavy (non-hydrogen) atoms. The largest absolute Gasteiger partial charge is 0.385 e. The van der Waals surface area contributed by atoms with Gasteiger partial charge >= 0.3 is 0 Å². The fourth-order valence-electron chi connectivity index (χ4n) is 1.48. The van der Waals surface area contributed by atoms with E-state index >= 15 is 0 Å². The molecule has 1 aromatic carbocycles. The molecule has 0 spiro atoms. The summed E-state index contributed by atoms with van der Waals surface area (Å²) >= 11 is 0. The Labute approximate surface area is 78.7 Å². The molecule has 0 aromatic heterocycles. The van der Waals surface area contributed by atoms with Gasteiger partial charge in [-0.2, -0.15) is 0 Å². The van der Waals surface area contributed by atoms with Crippen LogP contribution < -0.4 is 0 Å². The summed E-state index contributed by atoms with van der Waals surface area (Å²) < 4.78 is 0. The van der Waals surface area contributed by atoms with E-state index < -0.39 is 5.60 Å². The Morgan fingerprint density at radius 3 is 2.69 bits per heavy atom. The molecular formula is C12H14O. The first-order valence-electron chi connectivity index (χ1n) is 4.61.